The Bertz CT molecular complexity index is 916. The molecule has 1 fully saturated rings. The maximum absolute atomic E-state index is 11.3. The van der Waals surface area contributed by atoms with Crippen molar-refractivity contribution >= 4 is 23.3 Å². The molecule has 1 atom stereocenters. The maximum atomic E-state index is 11.3. The van der Waals surface area contributed by atoms with Crippen LogP contribution >= 0.6 is 11.6 Å². The summed E-state index contributed by atoms with van der Waals surface area (Å²) in [5, 5.41) is 11.0. The van der Waals surface area contributed by atoms with Crippen LogP contribution in [0.5, 0.6) is 17.2 Å². The molecular formula is C24H31ClN2O6. The van der Waals surface area contributed by atoms with E-state index in [4.69, 9.17) is 25.8 Å². The lowest BCUT2D eigenvalue weighted by Crippen LogP contribution is -2.49. The van der Waals surface area contributed by atoms with Crippen molar-refractivity contribution in [1.29, 1.82) is 0 Å². The Morgan fingerprint density at radius 2 is 1.70 bits per heavy atom. The lowest BCUT2D eigenvalue weighted by atomic mass is 10.1. The number of methoxy groups -OCH3 is 3. The molecule has 0 bridgehead atoms. The van der Waals surface area contributed by atoms with Crippen molar-refractivity contribution in [3.8, 4) is 17.2 Å². The highest BCUT2D eigenvalue weighted by atomic mass is 35.5. The number of piperazine rings is 1. The van der Waals surface area contributed by atoms with Crippen molar-refractivity contribution in [2.45, 2.75) is 12.5 Å². The van der Waals surface area contributed by atoms with E-state index in [1.807, 2.05) is 18.2 Å². The van der Waals surface area contributed by atoms with Crippen LogP contribution < -0.4 is 19.1 Å². The second kappa shape index (κ2) is 12.0. The molecule has 9 heteroatoms. The van der Waals surface area contributed by atoms with Gasteiger partial charge >= 0.3 is 5.97 Å². The van der Waals surface area contributed by atoms with Gasteiger partial charge < -0.3 is 29.0 Å². The first-order valence-electron chi connectivity index (χ1n) is 10.8. The zero-order chi connectivity index (χ0) is 23.8. The molecule has 0 amide bonds. The van der Waals surface area contributed by atoms with Crippen molar-refractivity contribution in [2.75, 3.05) is 65.6 Å². The molecule has 1 aliphatic heterocycles. The van der Waals surface area contributed by atoms with Gasteiger partial charge in [0, 0.05) is 38.8 Å². The monoisotopic (exact) mass is 478 g/mol. The minimum absolute atomic E-state index is 0.193. The van der Waals surface area contributed by atoms with Crippen LogP contribution in [0.1, 0.15) is 5.56 Å². The molecule has 0 spiro atoms. The van der Waals surface area contributed by atoms with E-state index >= 15 is 0 Å². The van der Waals surface area contributed by atoms with Crippen molar-refractivity contribution in [3.63, 3.8) is 0 Å². The van der Waals surface area contributed by atoms with E-state index in [2.05, 4.69) is 14.5 Å². The number of hydrogen-bond donors (Lipinski definition) is 1. The fraction of sp³-hybridized carbons (Fsp3) is 0.458. The SMILES string of the molecule is COC(=O)Cc1ccc(OCC(O)CN2CCN(c3cc(Cl)c(OC)cc3OC)CC2)cc1. The molecule has 180 valence electrons. The van der Waals surface area contributed by atoms with Gasteiger partial charge in [-0.05, 0) is 23.8 Å². The van der Waals surface area contributed by atoms with Gasteiger partial charge in [-0.3, -0.25) is 9.69 Å². The van der Waals surface area contributed by atoms with Gasteiger partial charge in [-0.15, -0.1) is 0 Å². The normalized spacial score (nSPS) is 15.1. The van der Waals surface area contributed by atoms with E-state index in [0.717, 1.165) is 43.2 Å². The third-order valence-electron chi connectivity index (χ3n) is 5.58. The van der Waals surface area contributed by atoms with Gasteiger partial charge in [0.2, 0.25) is 0 Å². The van der Waals surface area contributed by atoms with Gasteiger partial charge in [-0.1, -0.05) is 23.7 Å². The number of carbonyl (C=O) groups excluding carboxylic acids is 1. The third-order valence-corrected chi connectivity index (χ3v) is 5.87. The van der Waals surface area contributed by atoms with Crippen LogP contribution in [-0.4, -0.2) is 82.7 Å². The first kappa shape index (κ1) is 25.0. The number of nitrogens with zero attached hydrogens (tertiary/aromatic N) is 2. The third kappa shape index (κ3) is 6.90. The maximum Gasteiger partial charge on any atom is 0.309 e. The summed E-state index contributed by atoms with van der Waals surface area (Å²) in [6.07, 6.45) is -0.392. The van der Waals surface area contributed by atoms with E-state index < -0.39 is 6.10 Å². The smallest absolute Gasteiger partial charge is 0.309 e. The summed E-state index contributed by atoms with van der Waals surface area (Å²) in [6, 6.07) is 10.9. The van der Waals surface area contributed by atoms with Gasteiger partial charge in [0.05, 0.1) is 38.5 Å². The summed E-state index contributed by atoms with van der Waals surface area (Å²) in [5.74, 6) is 1.66. The first-order valence-corrected chi connectivity index (χ1v) is 11.2. The molecule has 0 aromatic heterocycles. The Hall–Kier alpha value is -2.68. The summed E-state index contributed by atoms with van der Waals surface area (Å²) in [6.45, 7) is 3.88. The molecule has 0 radical (unpaired) electrons. The lowest BCUT2D eigenvalue weighted by Gasteiger charge is -2.37. The van der Waals surface area contributed by atoms with E-state index in [1.54, 1.807) is 32.4 Å². The number of benzene rings is 2. The Kier molecular flexibility index (Phi) is 9.05. The van der Waals surface area contributed by atoms with Crippen LogP contribution in [0, 0.1) is 0 Å². The van der Waals surface area contributed by atoms with Crippen molar-refractivity contribution < 1.29 is 28.8 Å². The molecular weight excluding hydrogens is 448 g/mol. The van der Waals surface area contributed by atoms with Crippen LogP contribution in [0.4, 0.5) is 5.69 Å². The number of esters is 1. The highest BCUT2D eigenvalue weighted by Crippen LogP contribution is 2.38. The number of β-amino-alcohol motifs (C(OH)–C–C–N with tert-alkyl or cyclic N) is 1. The molecule has 1 heterocycles. The van der Waals surface area contributed by atoms with Crippen molar-refractivity contribution in [3.05, 3.63) is 47.0 Å². The van der Waals surface area contributed by atoms with Crippen molar-refractivity contribution in [1.82, 2.24) is 4.90 Å². The summed E-state index contributed by atoms with van der Waals surface area (Å²) >= 11 is 6.31. The Balaban J connectivity index is 1.45. The fourth-order valence-corrected chi connectivity index (χ4v) is 3.98. The minimum atomic E-state index is -0.615. The standard InChI is InChI=1S/C24H31ClN2O6/c1-30-22-14-23(31-2)21(13-20(22)25)27-10-8-26(9-11-27)15-18(28)16-33-19-6-4-17(5-7-19)12-24(29)32-3/h4-7,13-14,18,28H,8-12,15-16H2,1-3H3. The largest absolute Gasteiger partial charge is 0.495 e. The average Bonchev–Trinajstić information content (AvgIpc) is 2.84. The van der Waals surface area contributed by atoms with E-state index in [0.29, 0.717) is 23.1 Å². The summed E-state index contributed by atoms with van der Waals surface area (Å²) in [5.41, 5.74) is 1.78. The fourth-order valence-electron chi connectivity index (χ4n) is 3.75. The predicted octanol–water partition coefficient (Wildman–Crippen LogP) is 2.63. The number of carbonyl (C=O) groups is 1. The summed E-state index contributed by atoms with van der Waals surface area (Å²) in [4.78, 5) is 15.8. The van der Waals surface area contributed by atoms with E-state index in [9.17, 15) is 9.90 Å². The number of aliphatic hydroxyl groups is 1. The molecule has 8 nitrogen and oxygen atoms in total. The number of aliphatic hydroxyl groups excluding tert-OH is 1. The molecule has 1 saturated heterocycles. The number of ether oxygens (including phenoxy) is 4. The minimum Gasteiger partial charge on any atom is -0.495 e. The number of rotatable bonds is 10. The average molecular weight is 479 g/mol. The number of anilines is 1. The molecule has 0 aliphatic carbocycles. The van der Waals surface area contributed by atoms with Crippen LogP contribution in [0.25, 0.3) is 0 Å². The van der Waals surface area contributed by atoms with Crippen molar-refractivity contribution in [2.24, 2.45) is 0 Å². The van der Waals surface area contributed by atoms with Gasteiger partial charge in [-0.25, -0.2) is 0 Å². The van der Waals surface area contributed by atoms with Crippen LogP contribution in [0.2, 0.25) is 5.02 Å². The lowest BCUT2D eigenvalue weighted by molar-refractivity contribution is -0.139. The van der Waals surface area contributed by atoms with Gasteiger partial charge in [0.15, 0.2) is 0 Å². The molecule has 1 aliphatic rings. The van der Waals surface area contributed by atoms with Crippen LogP contribution in [0.3, 0.4) is 0 Å². The van der Waals surface area contributed by atoms with Gasteiger partial charge in [0.1, 0.15) is 30.0 Å². The summed E-state index contributed by atoms with van der Waals surface area (Å²) < 4.78 is 21.2. The Morgan fingerprint density at radius 1 is 1.03 bits per heavy atom. The molecule has 2 aromatic carbocycles. The van der Waals surface area contributed by atoms with E-state index in [-0.39, 0.29) is 19.0 Å². The van der Waals surface area contributed by atoms with Gasteiger partial charge in [0.25, 0.3) is 0 Å². The predicted molar refractivity (Wildman–Crippen MR) is 127 cm³/mol. The topological polar surface area (TPSA) is 80.7 Å². The molecule has 0 saturated carbocycles. The Morgan fingerprint density at radius 3 is 2.30 bits per heavy atom. The zero-order valence-electron chi connectivity index (χ0n) is 19.3. The van der Waals surface area contributed by atoms with E-state index in [1.165, 1.54) is 7.11 Å². The molecule has 3 rings (SSSR count). The first-order chi connectivity index (χ1) is 15.9. The van der Waals surface area contributed by atoms with Gasteiger partial charge in [-0.2, -0.15) is 0 Å². The highest BCUT2D eigenvalue weighted by Gasteiger charge is 2.23. The number of hydrogen-bond acceptors (Lipinski definition) is 8. The van der Waals surface area contributed by atoms with Crippen LogP contribution in [-0.2, 0) is 16.0 Å². The molecule has 2 aromatic rings. The van der Waals surface area contributed by atoms with Crippen LogP contribution in [0.15, 0.2) is 36.4 Å². The molecule has 1 unspecified atom stereocenters. The second-order valence-corrected chi connectivity index (χ2v) is 8.22. The quantitative estimate of drug-likeness (QED) is 0.522. The highest BCUT2D eigenvalue weighted by molar-refractivity contribution is 6.32. The molecule has 33 heavy (non-hydrogen) atoms. The number of halogens is 1. The Labute approximate surface area is 199 Å². The zero-order valence-corrected chi connectivity index (χ0v) is 20.0. The molecule has 1 N–H and O–H groups in total. The summed E-state index contributed by atoms with van der Waals surface area (Å²) in [7, 11) is 4.58. The second-order valence-electron chi connectivity index (χ2n) is 7.81.